The van der Waals surface area contributed by atoms with E-state index >= 15 is 0 Å². The summed E-state index contributed by atoms with van der Waals surface area (Å²) in [6.07, 6.45) is 3.51. The molecule has 1 N–H and O–H groups in total. The molecule has 0 radical (unpaired) electrons. The molecule has 1 aliphatic carbocycles. The third-order valence-corrected chi connectivity index (χ3v) is 4.63. The van der Waals surface area contributed by atoms with Crippen LogP contribution >= 0.6 is 0 Å². The van der Waals surface area contributed by atoms with Crippen LogP contribution in [0.5, 0.6) is 0 Å². The average Bonchev–Trinajstić information content (AvgIpc) is 2.61. The standard InChI is InChI=1S/C20H25N3O2/c1-14-12-15(2)22-19(21-14)17-8-10-18(11-9-17)23-20(24)25-13-16-6-4-3-5-7-16/h3-7,12,17-18H,8-11,13H2,1-2H3,(H,23,24)/t17-,18-. The Balaban J connectivity index is 1.45. The Labute approximate surface area is 148 Å². The molecule has 2 aromatic rings. The second-order valence-electron chi connectivity index (χ2n) is 6.76. The third-order valence-electron chi connectivity index (χ3n) is 4.63. The maximum Gasteiger partial charge on any atom is 0.407 e. The fourth-order valence-electron chi connectivity index (χ4n) is 3.36. The number of hydrogen-bond donors (Lipinski definition) is 1. The lowest BCUT2D eigenvalue weighted by Gasteiger charge is -2.28. The highest BCUT2D eigenvalue weighted by Gasteiger charge is 2.25. The summed E-state index contributed by atoms with van der Waals surface area (Å²) >= 11 is 0. The summed E-state index contributed by atoms with van der Waals surface area (Å²) < 4.78 is 5.30. The Bertz CT molecular complexity index is 690. The Morgan fingerprint density at radius 3 is 2.36 bits per heavy atom. The molecule has 1 amide bonds. The summed E-state index contributed by atoms with van der Waals surface area (Å²) in [5.74, 6) is 1.33. The Morgan fingerprint density at radius 1 is 1.08 bits per heavy atom. The van der Waals surface area contributed by atoms with Gasteiger partial charge in [0, 0.05) is 23.3 Å². The van der Waals surface area contributed by atoms with Gasteiger partial charge in [-0.05, 0) is 51.2 Å². The smallest absolute Gasteiger partial charge is 0.407 e. The quantitative estimate of drug-likeness (QED) is 0.913. The molecule has 0 unspecified atom stereocenters. The first-order valence-electron chi connectivity index (χ1n) is 8.89. The maximum atomic E-state index is 12.0. The summed E-state index contributed by atoms with van der Waals surface area (Å²) in [6.45, 7) is 4.32. The molecule has 1 heterocycles. The van der Waals surface area contributed by atoms with E-state index in [9.17, 15) is 4.79 Å². The van der Waals surface area contributed by atoms with Crippen LogP contribution in [-0.4, -0.2) is 22.1 Å². The van der Waals surface area contributed by atoms with E-state index < -0.39 is 0 Å². The summed E-state index contributed by atoms with van der Waals surface area (Å²) in [4.78, 5) is 21.1. The Kier molecular flexibility index (Phi) is 5.64. The molecule has 0 aliphatic heterocycles. The van der Waals surface area contributed by atoms with Crippen LogP contribution in [0, 0.1) is 13.8 Å². The van der Waals surface area contributed by atoms with Gasteiger partial charge in [0.15, 0.2) is 0 Å². The highest BCUT2D eigenvalue weighted by molar-refractivity contribution is 5.67. The lowest BCUT2D eigenvalue weighted by atomic mass is 9.85. The molecule has 1 aliphatic rings. The molecule has 1 fully saturated rings. The van der Waals surface area contributed by atoms with Gasteiger partial charge in [-0.2, -0.15) is 0 Å². The van der Waals surface area contributed by atoms with Crippen LogP contribution in [0.1, 0.15) is 54.4 Å². The number of ether oxygens (including phenoxy) is 1. The zero-order valence-corrected chi connectivity index (χ0v) is 14.9. The van der Waals surface area contributed by atoms with Crippen LogP contribution in [-0.2, 0) is 11.3 Å². The zero-order chi connectivity index (χ0) is 17.6. The van der Waals surface area contributed by atoms with Crippen molar-refractivity contribution in [3.05, 3.63) is 59.2 Å². The lowest BCUT2D eigenvalue weighted by Crippen LogP contribution is -2.37. The van der Waals surface area contributed by atoms with Crippen molar-refractivity contribution in [3.8, 4) is 0 Å². The molecule has 0 spiro atoms. The van der Waals surface area contributed by atoms with Gasteiger partial charge in [-0.3, -0.25) is 0 Å². The third kappa shape index (κ3) is 5.02. The summed E-state index contributed by atoms with van der Waals surface area (Å²) in [5, 5.41) is 2.98. The van der Waals surface area contributed by atoms with Crippen LogP contribution in [0.15, 0.2) is 36.4 Å². The lowest BCUT2D eigenvalue weighted by molar-refractivity contribution is 0.132. The van der Waals surface area contributed by atoms with Gasteiger partial charge in [0.05, 0.1) is 0 Å². The Morgan fingerprint density at radius 2 is 1.72 bits per heavy atom. The van der Waals surface area contributed by atoms with Gasteiger partial charge in [-0.15, -0.1) is 0 Å². The number of amides is 1. The number of alkyl carbamates (subject to hydrolysis) is 1. The molecule has 132 valence electrons. The number of rotatable bonds is 4. The maximum absolute atomic E-state index is 12.0. The fourth-order valence-corrected chi connectivity index (χ4v) is 3.36. The molecule has 0 bridgehead atoms. The van der Waals surface area contributed by atoms with Crippen molar-refractivity contribution in [2.24, 2.45) is 0 Å². The molecular weight excluding hydrogens is 314 g/mol. The summed E-state index contributed by atoms with van der Waals surface area (Å²) in [6, 6.07) is 11.9. The largest absolute Gasteiger partial charge is 0.445 e. The highest BCUT2D eigenvalue weighted by atomic mass is 16.5. The van der Waals surface area contributed by atoms with Crippen LogP contribution in [0.2, 0.25) is 0 Å². The monoisotopic (exact) mass is 339 g/mol. The van der Waals surface area contributed by atoms with E-state index in [1.165, 1.54) is 0 Å². The minimum absolute atomic E-state index is 0.172. The van der Waals surface area contributed by atoms with E-state index in [2.05, 4.69) is 15.3 Å². The van der Waals surface area contributed by atoms with Crippen molar-refractivity contribution < 1.29 is 9.53 Å². The molecule has 1 aromatic carbocycles. The first-order chi connectivity index (χ1) is 12.1. The second kappa shape index (κ2) is 8.10. The van der Waals surface area contributed by atoms with Crippen molar-refractivity contribution in [2.75, 3.05) is 0 Å². The second-order valence-corrected chi connectivity index (χ2v) is 6.76. The van der Waals surface area contributed by atoms with E-state index in [1.807, 2.05) is 50.2 Å². The number of carbonyl (C=O) groups is 1. The number of nitrogens with zero attached hydrogens (tertiary/aromatic N) is 2. The minimum Gasteiger partial charge on any atom is -0.445 e. The van der Waals surface area contributed by atoms with Crippen LogP contribution in [0.4, 0.5) is 4.79 Å². The minimum atomic E-state index is -0.338. The predicted octanol–water partition coefficient (Wildman–Crippen LogP) is 4.05. The molecule has 1 saturated carbocycles. The molecule has 5 heteroatoms. The first kappa shape index (κ1) is 17.4. The summed E-state index contributed by atoms with van der Waals surface area (Å²) in [7, 11) is 0. The number of aromatic nitrogens is 2. The molecule has 25 heavy (non-hydrogen) atoms. The van der Waals surface area contributed by atoms with E-state index in [1.54, 1.807) is 0 Å². The topological polar surface area (TPSA) is 64.1 Å². The van der Waals surface area contributed by atoms with Crippen molar-refractivity contribution in [1.29, 1.82) is 0 Å². The number of hydrogen-bond acceptors (Lipinski definition) is 4. The molecular formula is C20H25N3O2. The molecule has 1 aromatic heterocycles. The molecule has 0 saturated heterocycles. The van der Waals surface area contributed by atoms with Gasteiger partial charge >= 0.3 is 6.09 Å². The van der Waals surface area contributed by atoms with E-state index in [0.717, 1.165) is 48.5 Å². The number of carbonyl (C=O) groups excluding carboxylic acids is 1. The van der Waals surface area contributed by atoms with Crippen molar-refractivity contribution in [1.82, 2.24) is 15.3 Å². The van der Waals surface area contributed by atoms with E-state index in [4.69, 9.17) is 4.74 Å². The normalized spacial score (nSPS) is 20.1. The van der Waals surface area contributed by atoms with Gasteiger partial charge in [0.1, 0.15) is 12.4 Å². The molecule has 0 atom stereocenters. The predicted molar refractivity (Wildman–Crippen MR) is 96.3 cm³/mol. The van der Waals surface area contributed by atoms with E-state index in [-0.39, 0.29) is 12.1 Å². The van der Waals surface area contributed by atoms with Crippen molar-refractivity contribution in [2.45, 2.75) is 58.1 Å². The molecule has 3 rings (SSSR count). The number of aryl methyl sites for hydroxylation is 2. The van der Waals surface area contributed by atoms with Crippen LogP contribution in [0.3, 0.4) is 0 Å². The first-order valence-corrected chi connectivity index (χ1v) is 8.89. The van der Waals surface area contributed by atoms with Gasteiger partial charge in [-0.1, -0.05) is 30.3 Å². The number of benzene rings is 1. The van der Waals surface area contributed by atoms with Crippen LogP contribution < -0.4 is 5.32 Å². The average molecular weight is 339 g/mol. The summed E-state index contributed by atoms with van der Waals surface area (Å²) in [5.41, 5.74) is 3.04. The Hall–Kier alpha value is -2.43. The zero-order valence-electron chi connectivity index (χ0n) is 14.9. The highest BCUT2D eigenvalue weighted by Crippen LogP contribution is 2.31. The van der Waals surface area contributed by atoms with Gasteiger partial charge < -0.3 is 10.1 Å². The van der Waals surface area contributed by atoms with Gasteiger partial charge in [0.2, 0.25) is 0 Å². The fraction of sp³-hybridized carbons (Fsp3) is 0.450. The van der Waals surface area contributed by atoms with Crippen molar-refractivity contribution >= 4 is 6.09 Å². The van der Waals surface area contributed by atoms with Gasteiger partial charge in [-0.25, -0.2) is 14.8 Å². The SMILES string of the molecule is Cc1cc(C)nc([C@H]2CC[C@H](NC(=O)OCc3ccccc3)CC2)n1. The molecule has 5 nitrogen and oxygen atoms in total. The van der Waals surface area contributed by atoms with Crippen molar-refractivity contribution in [3.63, 3.8) is 0 Å². The van der Waals surface area contributed by atoms with E-state index in [0.29, 0.717) is 12.5 Å². The number of nitrogens with one attached hydrogen (secondary N) is 1. The van der Waals surface area contributed by atoms with Gasteiger partial charge in [0.25, 0.3) is 0 Å². The van der Waals surface area contributed by atoms with Crippen LogP contribution in [0.25, 0.3) is 0 Å².